The number of aromatic nitrogens is 2. The lowest BCUT2D eigenvalue weighted by atomic mass is 9.77. The van der Waals surface area contributed by atoms with E-state index in [1.807, 2.05) is 36.5 Å². The lowest BCUT2D eigenvalue weighted by Crippen LogP contribution is -2.44. The number of carbonyl (C=O) groups is 2. The molecule has 1 aromatic carbocycles. The number of aromatic amines is 1. The minimum atomic E-state index is -0.770. The van der Waals surface area contributed by atoms with Gasteiger partial charge in [-0.1, -0.05) is 35.5 Å². The molecule has 8 nitrogen and oxygen atoms in total. The van der Waals surface area contributed by atoms with Crippen molar-refractivity contribution in [1.82, 2.24) is 15.5 Å². The average Bonchev–Trinajstić information content (AvgIpc) is 3.56. The lowest BCUT2D eigenvalue weighted by molar-refractivity contribution is -0.131. The topological polar surface area (TPSA) is 100 Å². The molecule has 2 aromatic heterocycles. The van der Waals surface area contributed by atoms with Gasteiger partial charge in [-0.25, -0.2) is 0 Å². The van der Waals surface area contributed by atoms with E-state index in [1.54, 1.807) is 17.9 Å². The molecule has 2 N–H and O–H groups in total. The number of benzene rings is 1. The normalized spacial score (nSPS) is 28.6. The van der Waals surface area contributed by atoms with Crippen LogP contribution >= 0.6 is 0 Å². The first-order chi connectivity index (χ1) is 15.1. The van der Waals surface area contributed by atoms with Crippen LogP contribution in [-0.4, -0.2) is 46.7 Å². The molecule has 0 unspecified atom stereocenters. The quantitative estimate of drug-likeness (QED) is 0.618. The molecule has 0 aliphatic carbocycles. The van der Waals surface area contributed by atoms with E-state index in [2.05, 4.69) is 21.5 Å². The van der Waals surface area contributed by atoms with Gasteiger partial charge in [0.25, 0.3) is 0 Å². The van der Waals surface area contributed by atoms with Crippen LogP contribution in [0.3, 0.4) is 0 Å². The van der Waals surface area contributed by atoms with Gasteiger partial charge < -0.3 is 19.6 Å². The lowest BCUT2D eigenvalue weighted by Gasteiger charge is -2.23. The fourth-order valence-corrected chi connectivity index (χ4v) is 5.25. The highest BCUT2D eigenvalue weighted by Crippen LogP contribution is 2.52. The molecular weight excluding hydrogens is 396 g/mol. The van der Waals surface area contributed by atoms with Gasteiger partial charge in [0, 0.05) is 29.7 Å². The Balaban J connectivity index is 1.18. The van der Waals surface area contributed by atoms with Crippen LogP contribution in [0.2, 0.25) is 0 Å². The number of rotatable bonds is 5. The summed E-state index contributed by atoms with van der Waals surface area (Å²) in [5.74, 6) is -0.287. The fourth-order valence-electron chi connectivity index (χ4n) is 5.25. The first-order valence-electron chi connectivity index (χ1n) is 10.5. The van der Waals surface area contributed by atoms with Crippen LogP contribution in [0.5, 0.6) is 0 Å². The molecule has 2 amide bonds. The Labute approximate surface area is 178 Å². The molecule has 8 heteroatoms. The van der Waals surface area contributed by atoms with Gasteiger partial charge in [-0.05, 0) is 25.0 Å². The van der Waals surface area contributed by atoms with Gasteiger partial charge in [-0.3, -0.25) is 14.5 Å². The molecule has 6 rings (SSSR count). The average molecular weight is 418 g/mol. The zero-order valence-electron chi connectivity index (χ0n) is 17.0. The number of hydrogen-bond donors (Lipinski definition) is 2. The van der Waals surface area contributed by atoms with E-state index in [1.165, 1.54) is 0 Å². The van der Waals surface area contributed by atoms with Crippen LogP contribution < -0.4 is 10.2 Å². The number of fused-ring (bicyclic) bond motifs is 2. The van der Waals surface area contributed by atoms with E-state index in [-0.39, 0.29) is 17.9 Å². The molecule has 3 aliphatic heterocycles. The van der Waals surface area contributed by atoms with E-state index in [4.69, 9.17) is 9.26 Å². The van der Waals surface area contributed by atoms with Gasteiger partial charge in [0.1, 0.15) is 11.4 Å². The molecule has 5 heterocycles. The minimum Gasteiger partial charge on any atom is -0.361 e. The third-order valence-corrected chi connectivity index (χ3v) is 6.66. The molecule has 0 saturated carbocycles. The molecule has 4 atom stereocenters. The standard InChI is InChI=1S/C23H22N4O4/c1-13-10-18(26-31-13)27-12-23-8-6-17(30-23)19(20(23)22(27)29)21(28)24-9-7-14-11-25-16-5-3-2-4-15(14)16/h2-6,8,10-11,17,19-20,25H,7,9,12H2,1H3,(H,24,28)/t17-,19-,20-,23+/m1/s1. The molecule has 2 saturated heterocycles. The van der Waals surface area contributed by atoms with Crippen molar-refractivity contribution in [3.05, 3.63) is 60.0 Å². The minimum absolute atomic E-state index is 0.142. The molecule has 2 fully saturated rings. The first-order valence-corrected chi connectivity index (χ1v) is 10.5. The molecular formula is C23H22N4O4. The number of amides is 2. The maximum atomic E-state index is 13.2. The second kappa shape index (κ2) is 6.55. The summed E-state index contributed by atoms with van der Waals surface area (Å²) in [5, 5.41) is 8.16. The zero-order chi connectivity index (χ0) is 21.2. The maximum Gasteiger partial charge on any atom is 0.235 e. The summed E-state index contributed by atoms with van der Waals surface area (Å²) in [6.07, 6.45) is 6.16. The highest BCUT2D eigenvalue weighted by molar-refractivity contribution is 6.02. The van der Waals surface area contributed by atoms with E-state index in [9.17, 15) is 9.59 Å². The second-order valence-corrected chi connectivity index (χ2v) is 8.52. The molecule has 31 heavy (non-hydrogen) atoms. The number of nitrogens with zero attached hydrogens (tertiary/aromatic N) is 2. The van der Waals surface area contributed by atoms with Crippen molar-refractivity contribution in [1.29, 1.82) is 0 Å². The Kier molecular flexibility index (Phi) is 3.89. The van der Waals surface area contributed by atoms with Gasteiger partial charge >= 0.3 is 0 Å². The Morgan fingerprint density at radius 3 is 3.10 bits per heavy atom. The Morgan fingerprint density at radius 1 is 1.39 bits per heavy atom. The van der Waals surface area contributed by atoms with Crippen molar-refractivity contribution >= 4 is 28.5 Å². The van der Waals surface area contributed by atoms with Crippen LogP contribution in [0.1, 0.15) is 11.3 Å². The summed E-state index contributed by atoms with van der Waals surface area (Å²) < 4.78 is 11.3. The Hall–Kier alpha value is -3.39. The van der Waals surface area contributed by atoms with Crippen molar-refractivity contribution in [2.24, 2.45) is 11.8 Å². The van der Waals surface area contributed by atoms with Crippen molar-refractivity contribution in [3.63, 3.8) is 0 Å². The fraction of sp³-hybridized carbons (Fsp3) is 0.348. The summed E-state index contributed by atoms with van der Waals surface area (Å²) >= 11 is 0. The van der Waals surface area contributed by atoms with Crippen LogP contribution in [0, 0.1) is 18.8 Å². The highest BCUT2D eigenvalue weighted by atomic mass is 16.5. The summed E-state index contributed by atoms with van der Waals surface area (Å²) in [6, 6.07) is 9.82. The number of anilines is 1. The largest absolute Gasteiger partial charge is 0.361 e. The van der Waals surface area contributed by atoms with Gasteiger partial charge in [0.15, 0.2) is 5.82 Å². The van der Waals surface area contributed by atoms with Crippen molar-refractivity contribution in [2.45, 2.75) is 25.0 Å². The third-order valence-electron chi connectivity index (χ3n) is 6.66. The van der Waals surface area contributed by atoms with E-state index < -0.39 is 17.4 Å². The number of nitrogens with one attached hydrogen (secondary N) is 2. The number of carbonyl (C=O) groups excluding carboxylic acids is 2. The summed E-state index contributed by atoms with van der Waals surface area (Å²) in [5.41, 5.74) is 1.46. The van der Waals surface area contributed by atoms with Crippen molar-refractivity contribution < 1.29 is 18.8 Å². The molecule has 3 aromatic rings. The van der Waals surface area contributed by atoms with Crippen molar-refractivity contribution in [3.8, 4) is 0 Å². The monoisotopic (exact) mass is 418 g/mol. The predicted octanol–water partition coefficient (Wildman–Crippen LogP) is 2.11. The number of H-pyrrole nitrogens is 1. The van der Waals surface area contributed by atoms with E-state index >= 15 is 0 Å². The zero-order valence-corrected chi connectivity index (χ0v) is 17.0. The Bertz CT molecular complexity index is 1230. The smallest absolute Gasteiger partial charge is 0.235 e. The highest BCUT2D eigenvalue weighted by Gasteiger charge is 2.67. The Morgan fingerprint density at radius 2 is 2.26 bits per heavy atom. The number of aryl methyl sites for hydroxylation is 1. The maximum absolute atomic E-state index is 13.2. The second-order valence-electron chi connectivity index (χ2n) is 8.52. The summed E-state index contributed by atoms with van der Waals surface area (Å²) in [6.45, 7) is 2.62. The van der Waals surface area contributed by atoms with Crippen LogP contribution in [-0.2, 0) is 20.7 Å². The molecule has 1 spiro atoms. The number of ether oxygens (including phenoxy) is 1. The van der Waals surface area contributed by atoms with E-state index in [0.29, 0.717) is 31.1 Å². The van der Waals surface area contributed by atoms with E-state index in [0.717, 1.165) is 16.5 Å². The summed E-state index contributed by atoms with van der Waals surface area (Å²) in [4.78, 5) is 31.2. The molecule has 158 valence electrons. The predicted molar refractivity (Wildman–Crippen MR) is 112 cm³/mol. The number of para-hydroxylation sites is 1. The van der Waals surface area contributed by atoms with Gasteiger partial charge in [0.2, 0.25) is 11.8 Å². The van der Waals surface area contributed by atoms with Gasteiger partial charge in [-0.15, -0.1) is 0 Å². The SMILES string of the molecule is Cc1cc(N2C[C@]34C=C[C@@H](O3)[C@@H](C(=O)NCCc3c[nH]c5ccccc35)[C@@H]4C2=O)no1. The molecule has 2 bridgehead atoms. The number of hydrogen-bond acceptors (Lipinski definition) is 5. The van der Waals surface area contributed by atoms with Crippen LogP contribution in [0.4, 0.5) is 5.82 Å². The van der Waals surface area contributed by atoms with Crippen LogP contribution in [0.15, 0.2) is 53.2 Å². The first kappa shape index (κ1) is 18.4. The molecule has 0 radical (unpaired) electrons. The third kappa shape index (κ3) is 2.68. The van der Waals surface area contributed by atoms with Gasteiger partial charge in [0.05, 0.1) is 24.5 Å². The van der Waals surface area contributed by atoms with Crippen molar-refractivity contribution in [2.75, 3.05) is 18.0 Å². The molecule has 3 aliphatic rings. The van der Waals surface area contributed by atoms with Gasteiger partial charge in [-0.2, -0.15) is 0 Å². The van der Waals surface area contributed by atoms with Crippen LogP contribution in [0.25, 0.3) is 10.9 Å². The summed E-state index contributed by atoms with van der Waals surface area (Å²) in [7, 11) is 0.